The van der Waals surface area contributed by atoms with Gasteiger partial charge < -0.3 is 20.4 Å². The number of fused-ring (bicyclic) bond motifs is 2. The van der Waals surface area contributed by atoms with E-state index in [1.807, 2.05) is 13.8 Å². The highest BCUT2D eigenvalue weighted by Gasteiger charge is 2.22. The van der Waals surface area contributed by atoms with Crippen molar-refractivity contribution < 1.29 is 20.4 Å². The number of unbranched alkanes of at least 4 members (excludes halogenated alkanes) is 2. The van der Waals surface area contributed by atoms with Gasteiger partial charge in [-0.3, -0.25) is 10.9 Å². The Bertz CT molecular complexity index is 1700. The Kier molecular flexibility index (Phi) is 8.98. The molecule has 0 aliphatic carbocycles. The molecule has 12 nitrogen and oxygen atoms in total. The number of nitrogens with zero attached hydrogens (tertiary/aromatic N) is 6. The van der Waals surface area contributed by atoms with E-state index in [4.69, 9.17) is 0 Å². The van der Waals surface area contributed by atoms with Crippen molar-refractivity contribution in [2.24, 2.45) is 20.5 Å². The Morgan fingerprint density at radius 1 is 0.805 bits per heavy atom. The molecular weight excluding hydrogens is 524 g/mol. The number of rotatable bonds is 11. The van der Waals surface area contributed by atoms with Crippen molar-refractivity contribution >= 4 is 44.6 Å². The first-order valence-corrected chi connectivity index (χ1v) is 13.4. The number of azo groups is 2. The fraction of sp³-hybridized carbons (Fsp3) is 0.310. The largest absolute Gasteiger partial charge is 0.507 e. The molecule has 12 heteroatoms. The summed E-state index contributed by atoms with van der Waals surface area (Å²) in [5.74, 6) is -0.925. The molecule has 41 heavy (non-hydrogen) atoms. The molecule has 0 radical (unpaired) electrons. The van der Waals surface area contributed by atoms with Crippen LogP contribution in [0.3, 0.4) is 0 Å². The fourth-order valence-corrected chi connectivity index (χ4v) is 4.35. The number of pyridine rings is 1. The predicted molar refractivity (Wildman–Crippen MR) is 158 cm³/mol. The zero-order chi connectivity index (χ0) is 29.5. The first kappa shape index (κ1) is 28.8. The van der Waals surface area contributed by atoms with Crippen molar-refractivity contribution in [3.8, 4) is 29.1 Å². The van der Waals surface area contributed by atoms with Gasteiger partial charge in [0.25, 0.3) is 0 Å². The molecular formula is C29H32N8O4. The van der Waals surface area contributed by atoms with Crippen LogP contribution in [-0.4, -0.2) is 38.5 Å². The maximum Gasteiger partial charge on any atom is 0.201 e. The zero-order valence-corrected chi connectivity index (χ0v) is 23.1. The number of aromatic nitrogens is 1. The van der Waals surface area contributed by atoms with Crippen LogP contribution >= 0.6 is 0 Å². The SMILES string of the molecule is CCCCN=Nc1nc(N=NCCCC)c(NNc2cccc3c(O)c4c(O)ccc(O)c4c(O)c23)c(C)c1C#N. The molecule has 0 saturated heterocycles. The number of phenolic OH excluding ortho intramolecular Hbond substituents is 4. The third kappa shape index (κ3) is 5.74. The molecule has 0 atom stereocenters. The summed E-state index contributed by atoms with van der Waals surface area (Å²) >= 11 is 0. The highest BCUT2D eigenvalue weighted by molar-refractivity contribution is 6.17. The molecule has 0 bridgehead atoms. The van der Waals surface area contributed by atoms with E-state index >= 15 is 0 Å². The number of hydrazine groups is 1. The Balaban J connectivity index is 1.81. The van der Waals surface area contributed by atoms with Gasteiger partial charge in [-0.25, -0.2) is 4.98 Å². The lowest BCUT2D eigenvalue weighted by atomic mass is 9.98. The van der Waals surface area contributed by atoms with Crippen molar-refractivity contribution in [2.45, 2.75) is 46.5 Å². The van der Waals surface area contributed by atoms with E-state index in [0.29, 0.717) is 30.0 Å². The molecule has 4 aromatic rings. The number of aromatic hydroxyl groups is 4. The highest BCUT2D eigenvalue weighted by atomic mass is 16.3. The monoisotopic (exact) mass is 556 g/mol. The first-order valence-electron chi connectivity index (χ1n) is 13.4. The third-order valence-corrected chi connectivity index (χ3v) is 6.59. The van der Waals surface area contributed by atoms with E-state index in [0.717, 1.165) is 25.7 Å². The van der Waals surface area contributed by atoms with E-state index in [2.05, 4.69) is 42.4 Å². The summed E-state index contributed by atoms with van der Waals surface area (Å²) in [4.78, 5) is 4.47. The second-order valence-corrected chi connectivity index (χ2v) is 9.41. The molecule has 4 rings (SSSR count). The van der Waals surface area contributed by atoms with Gasteiger partial charge in [0.2, 0.25) is 5.82 Å². The van der Waals surface area contributed by atoms with Gasteiger partial charge in [0, 0.05) is 5.39 Å². The number of nitrogens with one attached hydrogen (secondary N) is 2. The van der Waals surface area contributed by atoms with Crippen molar-refractivity contribution in [3.63, 3.8) is 0 Å². The number of phenols is 4. The summed E-state index contributed by atoms with van der Waals surface area (Å²) < 4.78 is 0. The molecule has 1 heterocycles. The van der Waals surface area contributed by atoms with Crippen LogP contribution in [0.5, 0.6) is 23.0 Å². The molecule has 0 aliphatic rings. The van der Waals surface area contributed by atoms with Gasteiger partial charge in [-0.15, -0.1) is 10.2 Å². The summed E-state index contributed by atoms with van der Waals surface area (Å²) in [7, 11) is 0. The van der Waals surface area contributed by atoms with Crippen LogP contribution in [0.25, 0.3) is 21.5 Å². The third-order valence-electron chi connectivity index (χ3n) is 6.59. The van der Waals surface area contributed by atoms with Crippen molar-refractivity contribution in [1.82, 2.24) is 4.98 Å². The second-order valence-electron chi connectivity index (χ2n) is 9.41. The van der Waals surface area contributed by atoms with E-state index < -0.39 is 0 Å². The lowest BCUT2D eigenvalue weighted by Crippen LogP contribution is -2.12. The minimum Gasteiger partial charge on any atom is -0.507 e. The van der Waals surface area contributed by atoms with Crippen LogP contribution in [0, 0.1) is 18.3 Å². The highest BCUT2D eigenvalue weighted by Crippen LogP contribution is 2.50. The van der Waals surface area contributed by atoms with Crippen LogP contribution < -0.4 is 10.9 Å². The molecule has 0 spiro atoms. The summed E-state index contributed by atoms with van der Waals surface area (Å²) in [5.41, 5.74) is 7.45. The average molecular weight is 557 g/mol. The summed E-state index contributed by atoms with van der Waals surface area (Å²) in [6.45, 7) is 6.83. The minimum atomic E-state index is -0.346. The van der Waals surface area contributed by atoms with Crippen molar-refractivity contribution in [2.75, 3.05) is 23.9 Å². The molecule has 212 valence electrons. The lowest BCUT2D eigenvalue weighted by Gasteiger charge is -2.18. The van der Waals surface area contributed by atoms with Crippen molar-refractivity contribution in [3.05, 3.63) is 41.5 Å². The van der Waals surface area contributed by atoms with Gasteiger partial charge in [-0.2, -0.15) is 15.5 Å². The van der Waals surface area contributed by atoms with E-state index in [1.165, 1.54) is 12.1 Å². The van der Waals surface area contributed by atoms with E-state index in [9.17, 15) is 25.7 Å². The number of hydrogen-bond donors (Lipinski definition) is 6. The number of hydrogen-bond acceptors (Lipinski definition) is 12. The number of nitriles is 1. The van der Waals surface area contributed by atoms with Crippen LogP contribution in [0.1, 0.15) is 50.7 Å². The standard InChI is InChI=1S/C29H32N8O4/c1-4-6-13-31-36-28-18(15-30)16(3)25(29(33-28)37-32-14-7-5-2)35-34-19-10-8-9-17-22(19)27(41)24-21(39)12-11-20(38)23(24)26(17)40/h8-12,34-35,38-41H,4-7,13-14H2,1-3H3. The summed E-state index contributed by atoms with van der Waals surface area (Å²) in [6.07, 6.45) is 3.61. The van der Waals surface area contributed by atoms with Crippen LogP contribution in [0.2, 0.25) is 0 Å². The van der Waals surface area contributed by atoms with E-state index in [1.54, 1.807) is 25.1 Å². The molecule has 6 N–H and O–H groups in total. The summed E-state index contributed by atoms with van der Waals surface area (Å²) in [5, 5.41) is 69.9. The van der Waals surface area contributed by atoms with Gasteiger partial charge in [0.15, 0.2) is 5.82 Å². The number of benzene rings is 3. The Hall–Kier alpha value is -5.18. The minimum absolute atomic E-state index is 0.0720. The van der Waals surface area contributed by atoms with Gasteiger partial charge in [0.05, 0.1) is 34.9 Å². The maximum absolute atomic E-state index is 11.2. The zero-order valence-electron chi connectivity index (χ0n) is 23.1. The first-order chi connectivity index (χ1) is 19.8. The molecule has 3 aromatic carbocycles. The second kappa shape index (κ2) is 12.8. The molecule has 1 aromatic heterocycles. The fourth-order valence-electron chi connectivity index (χ4n) is 4.35. The lowest BCUT2D eigenvalue weighted by molar-refractivity contribution is 0.451. The Morgan fingerprint density at radius 3 is 2.02 bits per heavy atom. The molecule has 0 fully saturated rings. The molecule has 0 amide bonds. The Labute approximate surface area is 236 Å². The molecule has 0 aliphatic heterocycles. The predicted octanol–water partition coefficient (Wildman–Crippen LogP) is 7.60. The van der Waals surface area contributed by atoms with Gasteiger partial charge in [-0.05, 0) is 43.5 Å². The van der Waals surface area contributed by atoms with Crippen LogP contribution in [0.4, 0.5) is 23.0 Å². The van der Waals surface area contributed by atoms with Gasteiger partial charge >= 0.3 is 0 Å². The van der Waals surface area contributed by atoms with Crippen LogP contribution in [0.15, 0.2) is 50.8 Å². The van der Waals surface area contributed by atoms with E-state index in [-0.39, 0.29) is 61.7 Å². The Morgan fingerprint density at radius 2 is 1.41 bits per heavy atom. The summed E-state index contributed by atoms with van der Waals surface area (Å²) in [6, 6.07) is 9.47. The topological polar surface area (TPSA) is 191 Å². The number of anilines is 2. The average Bonchev–Trinajstić information content (AvgIpc) is 2.97. The molecule has 0 saturated carbocycles. The normalized spacial score (nSPS) is 11.6. The maximum atomic E-state index is 11.2. The van der Waals surface area contributed by atoms with Crippen LogP contribution in [-0.2, 0) is 0 Å². The smallest absolute Gasteiger partial charge is 0.201 e. The van der Waals surface area contributed by atoms with Gasteiger partial charge in [0.1, 0.15) is 40.3 Å². The van der Waals surface area contributed by atoms with Gasteiger partial charge in [-0.1, -0.05) is 38.8 Å². The molecule has 0 unspecified atom stereocenters. The van der Waals surface area contributed by atoms with Crippen molar-refractivity contribution in [1.29, 1.82) is 5.26 Å². The quantitative estimate of drug-likeness (QED) is 0.0357.